The van der Waals surface area contributed by atoms with Crippen LogP contribution >= 0.6 is 0 Å². The fraction of sp³-hybridized carbons (Fsp3) is 0.611. The summed E-state index contributed by atoms with van der Waals surface area (Å²) in [5, 5.41) is 9.05. The smallest absolute Gasteiger partial charge is 0.330 e. The van der Waals surface area contributed by atoms with E-state index in [-0.39, 0.29) is 18.8 Å². The molecular formula is C18H29O5. The Morgan fingerprint density at radius 2 is 1.43 bits per heavy atom. The normalized spacial score (nSPS) is 13.2. The van der Waals surface area contributed by atoms with Crippen molar-refractivity contribution in [3.63, 3.8) is 0 Å². The average molecular weight is 325 g/mol. The van der Waals surface area contributed by atoms with Gasteiger partial charge in [-0.3, -0.25) is 0 Å². The molecule has 5 heteroatoms. The maximum atomic E-state index is 11.4. The first-order chi connectivity index (χ1) is 11.0. The number of ether oxygens (including phenoxy) is 2. The Hall–Kier alpha value is -1.62. The number of aliphatic hydroxyl groups excluding tert-OH is 1. The fourth-order valence-electron chi connectivity index (χ4n) is 2.22. The highest BCUT2D eigenvalue weighted by Gasteiger charge is 2.23. The zero-order valence-corrected chi connectivity index (χ0v) is 14.3. The molecule has 0 spiro atoms. The highest BCUT2D eigenvalue weighted by atomic mass is 16.5. The van der Waals surface area contributed by atoms with Crippen molar-refractivity contribution in [3.05, 3.63) is 31.2 Å². The van der Waals surface area contributed by atoms with Crippen molar-refractivity contribution in [3.8, 4) is 0 Å². The molecule has 1 N–H and O–H groups in total. The van der Waals surface area contributed by atoms with Crippen LogP contribution in [0.2, 0.25) is 0 Å². The van der Waals surface area contributed by atoms with Crippen LogP contribution in [-0.4, -0.2) is 35.9 Å². The third-order valence-corrected chi connectivity index (χ3v) is 3.53. The molecule has 0 aliphatic heterocycles. The molecule has 2 atom stereocenters. The van der Waals surface area contributed by atoms with Gasteiger partial charge in [0.2, 0.25) is 0 Å². The number of esters is 2. The van der Waals surface area contributed by atoms with Gasteiger partial charge in [0.25, 0.3) is 0 Å². The van der Waals surface area contributed by atoms with Gasteiger partial charge in [0, 0.05) is 18.8 Å². The molecule has 2 unspecified atom stereocenters. The van der Waals surface area contributed by atoms with Crippen molar-refractivity contribution in [2.75, 3.05) is 6.61 Å². The van der Waals surface area contributed by atoms with Crippen LogP contribution in [0.15, 0.2) is 25.3 Å². The second-order valence-electron chi connectivity index (χ2n) is 5.33. The van der Waals surface area contributed by atoms with E-state index in [0.29, 0.717) is 38.5 Å². The second-order valence-corrected chi connectivity index (χ2v) is 5.33. The summed E-state index contributed by atoms with van der Waals surface area (Å²) < 4.78 is 10.6. The summed E-state index contributed by atoms with van der Waals surface area (Å²) in [6.07, 6.45) is 5.73. The number of hydrogen-bond acceptors (Lipinski definition) is 5. The van der Waals surface area contributed by atoms with Crippen LogP contribution in [0.25, 0.3) is 0 Å². The number of aliphatic hydroxyl groups is 1. The third-order valence-electron chi connectivity index (χ3n) is 3.53. The predicted octanol–water partition coefficient (Wildman–Crippen LogP) is 3.13. The minimum Gasteiger partial charge on any atom is -0.459 e. The van der Waals surface area contributed by atoms with E-state index in [4.69, 9.17) is 14.6 Å². The van der Waals surface area contributed by atoms with Crippen molar-refractivity contribution < 1.29 is 24.2 Å². The molecule has 0 aliphatic carbocycles. The van der Waals surface area contributed by atoms with E-state index in [1.807, 2.05) is 13.8 Å². The molecule has 0 aromatic rings. The Bertz CT molecular complexity index is 346. The lowest BCUT2D eigenvalue weighted by Gasteiger charge is -2.25. The molecule has 23 heavy (non-hydrogen) atoms. The summed E-state index contributed by atoms with van der Waals surface area (Å²) in [6, 6.07) is 0. The van der Waals surface area contributed by atoms with Crippen molar-refractivity contribution in [2.24, 2.45) is 0 Å². The number of carbonyl (C=O) groups is 2. The van der Waals surface area contributed by atoms with Gasteiger partial charge in [-0.2, -0.15) is 0 Å². The van der Waals surface area contributed by atoms with Crippen molar-refractivity contribution in [1.29, 1.82) is 0 Å². The minimum atomic E-state index is -0.441. The Morgan fingerprint density at radius 1 is 1.00 bits per heavy atom. The van der Waals surface area contributed by atoms with Gasteiger partial charge in [-0.25, -0.2) is 9.59 Å². The minimum absolute atomic E-state index is 0.0932. The molecule has 0 aromatic heterocycles. The SMILES string of the molecule is C=CC(=O)OC(CC)C[C](CCCO)CC(CC)OC(=O)C=C. The first-order valence-corrected chi connectivity index (χ1v) is 8.11. The zero-order chi connectivity index (χ0) is 17.7. The van der Waals surface area contributed by atoms with Gasteiger partial charge in [0.15, 0.2) is 0 Å². The molecule has 0 fully saturated rings. The van der Waals surface area contributed by atoms with Gasteiger partial charge in [-0.1, -0.05) is 27.0 Å². The zero-order valence-electron chi connectivity index (χ0n) is 14.3. The van der Waals surface area contributed by atoms with Gasteiger partial charge in [-0.15, -0.1) is 0 Å². The highest BCUT2D eigenvalue weighted by molar-refractivity contribution is 5.81. The van der Waals surface area contributed by atoms with E-state index in [1.54, 1.807) is 0 Å². The number of carbonyl (C=O) groups excluding carboxylic acids is 2. The summed E-state index contributed by atoms with van der Waals surface area (Å²) >= 11 is 0. The fourth-order valence-corrected chi connectivity index (χ4v) is 2.22. The van der Waals surface area contributed by atoms with E-state index in [1.165, 1.54) is 0 Å². The summed E-state index contributed by atoms with van der Waals surface area (Å²) in [5.41, 5.74) is 0. The van der Waals surface area contributed by atoms with E-state index >= 15 is 0 Å². The van der Waals surface area contributed by atoms with E-state index in [2.05, 4.69) is 13.2 Å². The molecule has 0 rings (SSSR count). The van der Waals surface area contributed by atoms with Crippen molar-refractivity contribution >= 4 is 11.9 Å². The average Bonchev–Trinajstić information content (AvgIpc) is 2.57. The van der Waals surface area contributed by atoms with E-state index < -0.39 is 11.9 Å². The monoisotopic (exact) mass is 325 g/mol. The maximum Gasteiger partial charge on any atom is 0.330 e. The van der Waals surface area contributed by atoms with Gasteiger partial charge < -0.3 is 14.6 Å². The van der Waals surface area contributed by atoms with Crippen LogP contribution in [-0.2, 0) is 19.1 Å². The molecule has 0 aliphatic rings. The Morgan fingerprint density at radius 3 is 1.74 bits per heavy atom. The molecule has 5 nitrogen and oxygen atoms in total. The Balaban J connectivity index is 4.74. The van der Waals surface area contributed by atoms with Crippen molar-refractivity contribution in [2.45, 2.75) is 64.6 Å². The van der Waals surface area contributed by atoms with Crippen LogP contribution < -0.4 is 0 Å². The quantitative estimate of drug-likeness (QED) is 0.416. The molecule has 0 heterocycles. The molecule has 0 bridgehead atoms. The molecule has 0 amide bonds. The lowest BCUT2D eigenvalue weighted by Crippen LogP contribution is -2.24. The van der Waals surface area contributed by atoms with Crippen LogP contribution in [0.3, 0.4) is 0 Å². The largest absolute Gasteiger partial charge is 0.459 e. The van der Waals surface area contributed by atoms with Crippen molar-refractivity contribution in [1.82, 2.24) is 0 Å². The topological polar surface area (TPSA) is 72.8 Å². The molecular weight excluding hydrogens is 296 g/mol. The highest BCUT2D eigenvalue weighted by Crippen LogP contribution is 2.26. The summed E-state index contributed by atoms with van der Waals surface area (Å²) in [7, 11) is 0. The summed E-state index contributed by atoms with van der Waals surface area (Å²) in [6.45, 7) is 10.8. The molecule has 0 aromatic carbocycles. The maximum absolute atomic E-state index is 11.4. The number of rotatable bonds is 13. The lowest BCUT2D eigenvalue weighted by molar-refractivity contribution is -0.143. The standard InChI is InChI=1S/C18H29O5/c1-5-15(22-17(20)7-3)12-14(10-9-11-19)13-16(6-2)23-18(21)8-4/h7-8,15-16,19H,3-6,9-13H2,1-2H3. The summed E-state index contributed by atoms with van der Waals surface area (Å²) in [5.74, 6) is 0.235. The van der Waals surface area contributed by atoms with Crippen LogP contribution in [0.5, 0.6) is 0 Å². The van der Waals surface area contributed by atoms with Crippen LogP contribution in [0.1, 0.15) is 52.4 Å². The number of hydrogen-bond donors (Lipinski definition) is 1. The first-order valence-electron chi connectivity index (χ1n) is 8.11. The van der Waals surface area contributed by atoms with Crippen LogP contribution in [0.4, 0.5) is 0 Å². The molecule has 0 saturated carbocycles. The third kappa shape index (κ3) is 9.89. The van der Waals surface area contributed by atoms with Gasteiger partial charge in [0.1, 0.15) is 12.2 Å². The van der Waals surface area contributed by atoms with E-state index in [0.717, 1.165) is 18.1 Å². The first kappa shape index (κ1) is 21.4. The molecule has 131 valence electrons. The lowest BCUT2D eigenvalue weighted by atomic mass is 9.89. The predicted molar refractivity (Wildman–Crippen MR) is 89.5 cm³/mol. The van der Waals surface area contributed by atoms with Gasteiger partial charge >= 0.3 is 11.9 Å². The second kappa shape index (κ2) is 12.9. The Kier molecular flexibility index (Phi) is 12.0. The van der Waals surface area contributed by atoms with Gasteiger partial charge in [-0.05, 0) is 44.4 Å². The van der Waals surface area contributed by atoms with Crippen LogP contribution in [0, 0.1) is 5.92 Å². The Labute approximate surface area is 139 Å². The van der Waals surface area contributed by atoms with E-state index in [9.17, 15) is 9.59 Å². The van der Waals surface area contributed by atoms with Gasteiger partial charge in [0.05, 0.1) is 0 Å². The molecule has 1 radical (unpaired) electrons. The summed E-state index contributed by atoms with van der Waals surface area (Å²) in [4.78, 5) is 22.7. The molecule has 0 saturated heterocycles.